The Balaban J connectivity index is 0.000000240. The van der Waals surface area contributed by atoms with Crippen LogP contribution in [-0.2, 0) is 11.2 Å². The van der Waals surface area contributed by atoms with Gasteiger partial charge >= 0.3 is 0 Å². The maximum Gasteiger partial charge on any atom is 0.222 e. The van der Waals surface area contributed by atoms with Crippen LogP contribution in [0.3, 0.4) is 0 Å². The Morgan fingerprint density at radius 1 is 1.16 bits per heavy atom. The molecule has 1 heterocycles. The van der Waals surface area contributed by atoms with Crippen molar-refractivity contribution in [3.63, 3.8) is 0 Å². The van der Waals surface area contributed by atoms with Crippen molar-refractivity contribution in [3.05, 3.63) is 69.5 Å². The van der Waals surface area contributed by atoms with Crippen LogP contribution < -0.4 is 0 Å². The molecule has 1 fully saturated rings. The second-order valence-electron chi connectivity index (χ2n) is 7.93. The molecule has 32 heavy (non-hydrogen) atoms. The molecule has 1 aliphatic rings. The van der Waals surface area contributed by atoms with Crippen LogP contribution in [0.4, 0.5) is 13.2 Å². The monoisotopic (exact) mass is 466 g/mol. The molecule has 1 aliphatic heterocycles. The van der Waals surface area contributed by atoms with Crippen LogP contribution in [0.2, 0.25) is 5.02 Å². The van der Waals surface area contributed by atoms with Gasteiger partial charge in [0, 0.05) is 26.1 Å². The van der Waals surface area contributed by atoms with E-state index in [-0.39, 0.29) is 5.56 Å². The van der Waals surface area contributed by atoms with Gasteiger partial charge in [0.25, 0.3) is 0 Å². The number of carbonyl (C=O) groups excluding carboxylic acids is 1. The summed E-state index contributed by atoms with van der Waals surface area (Å²) in [5.41, 5.74) is 1.81. The molecule has 3 rings (SSSR count). The fraction of sp³-hybridized carbons (Fsp3) is 0.440. The minimum atomic E-state index is -1.14. The van der Waals surface area contributed by atoms with Crippen LogP contribution in [0.15, 0.2) is 30.3 Å². The molecule has 174 valence electrons. The molecule has 3 nitrogen and oxygen atoms in total. The van der Waals surface area contributed by atoms with Gasteiger partial charge in [-0.3, -0.25) is 4.79 Å². The number of carbonyl (C=O) groups is 1. The van der Waals surface area contributed by atoms with Gasteiger partial charge in [-0.1, -0.05) is 44.9 Å². The van der Waals surface area contributed by atoms with E-state index in [0.717, 1.165) is 24.6 Å². The number of nitriles is 1. The number of benzene rings is 2. The van der Waals surface area contributed by atoms with Crippen molar-refractivity contribution >= 4 is 17.5 Å². The molecule has 0 spiro atoms. The van der Waals surface area contributed by atoms with E-state index >= 15 is 0 Å². The van der Waals surface area contributed by atoms with E-state index < -0.39 is 17.5 Å². The molecular formula is C25H30ClF3N2O. The molecule has 1 saturated heterocycles. The number of rotatable bonds is 3. The quantitative estimate of drug-likeness (QED) is 0.472. The average Bonchev–Trinajstić information content (AvgIpc) is 3.09. The van der Waals surface area contributed by atoms with Crippen LogP contribution in [-0.4, -0.2) is 24.4 Å². The van der Waals surface area contributed by atoms with Crippen molar-refractivity contribution in [3.8, 4) is 6.07 Å². The van der Waals surface area contributed by atoms with Gasteiger partial charge < -0.3 is 4.90 Å². The molecular weight excluding hydrogens is 437 g/mol. The van der Waals surface area contributed by atoms with Gasteiger partial charge in [-0.15, -0.1) is 0 Å². The largest absolute Gasteiger partial charge is 0.345 e. The van der Waals surface area contributed by atoms with E-state index in [0.29, 0.717) is 40.8 Å². The maximum absolute atomic E-state index is 12.6. The zero-order valence-electron chi connectivity index (χ0n) is 19.2. The summed E-state index contributed by atoms with van der Waals surface area (Å²) >= 11 is 5.71. The Labute approximate surface area is 193 Å². The summed E-state index contributed by atoms with van der Waals surface area (Å²) in [7, 11) is 1.89. The number of aryl methyl sites for hydroxylation is 2. The van der Waals surface area contributed by atoms with Gasteiger partial charge in [0.1, 0.15) is 11.9 Å². The molecule has 0 radical (unpaired) electrons. The third-order valence-electron chi connectivity index (χ3n) is 5.53. The highest BCUT2D eigenvalue weighted by molar-refractivity contribution is 6.31. The van der Waals surface area contributed by atoms with Gasteiger partial charge in [0.15, 0.2) is 11.6 Å². The van der Waals surface area contributed by atoms with E-state index in [1.807, 2.05) is 31.0 Å². The van der Waals surface area contributed by atoms with Gasteiger partial charge in [0.05, 0.1) is 10.6 Å². The number of likely N-dealkylation sites (tertiary alicyclic amines) is 1. The number of amides is 1. The molecule has 2 aromatic carbocycles. The molecule has 2 aromatic rings. The number of halogens is 4. The van der Waals surface area contributed by atoms with Gasteiger partial charge in [-0.2, -0.15) is 5.26 Å². The first-order chi connectivity index (χ1) is 15.0. The average molecular weight is 467 g/mol. The van der Waals surface area contributed by atoms with Crippen LogP contribution in [0.5, 0.6) is 0 Å². The molecule has 0 saturated carbocycles. The van der Waals surface area contributed by atoms with Gasteiger partial charge in [-0.25, -0.2) is 13.2 Å². The predicted molar refractivity (Wildman–Crippen MR) is 122 cm³/mol. The number of hydrogen-bond donors (Lipinski definition) is 0. The third-order valence-corrected chi connectivity index (χ3v) is 5.85. The van der Waals surface area contributed by atoms with Crippen LogP contribution in [0.1, 0.15) is 50.3 Å². The molecule has 0 aliphatic carbocycles. The third kappa shape index (κ3) is 8.20. The van der Waals surface area contributed by atoms with Crippen LogP contribution in [0, 0.1) is 47.5 Å². The van der Waals surface area contributed by atoms with E-state index in [2.05, 4.69) is 13.8 Å². The first-order valence-corrected chi connectivity index (χ1v) is 10.9. The molecule has 2 atom stereocenters. The summed E-state index contributed by atoms with van der Waals surface area (Å²) in [6.45, 7) is 9.00. The fourth-order valence-corrected chi connectivity index (χ4v) is 3.44. The Kier molecular flexibility index (Phi) is 11.3. The molecule has 1 amide bonds. The van der Waals surface area contributed by atoms with E-state index in [1.165, 1.54) is 6.42 Å². The molecule has 0 N–H and O–H groups in total. The Morgan fingerprint density at radius 3 is 2.25 bits per heavy atom. The van der Waals surface area contributed by atoms with Crippen molar-refractivity contribution in [2.75, 3.05) is 13.6 Å². The summed E-state index contributed by atoms with van der Waals surface area (Å²) < 4.78 is 37.3. The second kappa shape index (κ2) is 13.1. The van der Waals surface area contributed by atoms with E-state index in [1.54, 1.807) is 19.1 Å². The lowest BCUT2D eigenvalue weighted by atomic mass is 9.91. The molecule has 7 heteroatoms. The molecule has 2 unspecified atom stereocenters. The maximum atomic E-state index is 12.6. The Hall–Kier alpha value is -2.52. The van der Waals surface area contributed by atoms with Crippen molar-refractivity contribution in [2.45, 2.75) is 47.0 Å². The summed E-state index contributed by atoms with van der Waals surface area (Å²) in [4.78, 5) is 13.0. The van der Waals surface area contributed by atoms with Crippen molar-refractivity contribution < 1.29 is 18.0 Å². The van der Waals surface area contributed by atoms with Crippen molar-refractivity contribution in [1.82, 2.24) is 4.90 Å². The normalized spacial score (nSPS) is 15.8. The summed E-state index contributed by atoms with van der Waals surface area (Å²) in [6.07, 6.45) is 2.32. The van der Waals surface area contributed by atoms with Gasteiger partial charge in [0.2, 0.25) is 5.91 Å². The topological polar surface area (TPSA) is 44.1 Å². The zero-order valence-corrected chi connectivity index (χ0v) is 19.9. The van der Waals surface area contributed by atoms with E-state index in [4.69, 9.17) is 16.9 Å². The standard InChI is InChI=1S/C9H17NO.C8H6ClN.C8H7F3/c1-4-7(2)8-5-9(11)10(3)6-8;1-6-2-3-7(5-10)8(9)4-6;1-2-5-3-7(10)8(11)4-6(5)9/h7-8H,4-6H2,1-3H3;2-4H,1H3;3-4H,2H2,1H3. The summed E-state index contributed by atoms with van der Waals surface area (Å²) in [5.74, 6) is -1.20. The minimum Gasteiger partial charge on any atom is -0.345 e. The lowest BCUT2D eigenvalue weighted by molar-refractivity contribution is -0.126. The number of hydrogen-bond acceptors (Lipinski definition) is 2. The Bertz CT molecular complexity index is 959. The highest BCUT2D eigenvalue weighted by Crippen LogP contribution is 2.25. The van der Waals surface area contributed by atoms with E-state index in [9.17, 15) is 18.0 Å². The van der Waals surface area contributed by atoms with Crippen LogP contribution in [0.25, 0.3) is 0 Å². The number of nitrogens with zero attached hydrogens (tertiary/aromatic N) is 2. The van der Waals surface area contributed by atoms with Crippen molar-refractivity contribution in [2.24, 2.45) is 11.8 Å². The Morgan fingerprint density at radius 2 is 1.78 bits per heavy atom. The first-order valence-electron chi connectivity index (χ1n) is 10.6. The minimum absolute atomic E-state index is 0.198. The SMILES string of the molecule is CCC(C)C1CC(=O)N(C)C1.CCc1cc(F)c(F)cc1F.Cc1ccc(C#N)c(Cl)c1. The summed E-state index contributed by atoms with van der Waals surface area (Å²) in [5, 5.41) is 9.00. The zero-order chi connectivity index (χ0) is 24.4. The van der Waals surface area contributed by atoms with Crippen LogP contribution >= 0.6 is 11.6 Å². The highest BCUT2D eigenvalue weighted by Gasteiger charge is 2.29. The lowest BCUT2D eigenvalue weighted by Crippen LogP contribution is -2.20. The second-order valence-corrected chi connectivity index (χ2v) is 8.34. The lowest BCUT2D eigenvalue weighted by Gasteiger charge is -2.15. The summed E-state index contributed by atoms with van der Waals surface area (Å²) in [6, 6.07) is 8.80. The fourth-order valence-electron chi connectivity index (χ4n) is 3.16. The molecule has 0 aromatic heterocycles. The van der Waals surface area contributed by atoms with Gasteiger partial charge in [-0.05, 0) is 54.5 Å². The highest BCUT2D eigenvalue weighted by atomic mass is 35.5. The molecule has 0 bridgehead atoms. The predicted octanol–water partition coefficient (Wildman–Crippen LogP) is 6.70. The van der Waals surface area contributed by atoms with Crippen molar-refractivity contribution in [1.29, 1.82) is 5.26 Å². The first kappa shape index (κ1) is 27.5. The smallest absolute Gasteiger partial charge is 0.222 e.